The third-order valence-corrected chi connectivity index (χ3v) is 9.82. The number of halogens is 1. The second-order valence-corrected chi connectivity index (χ2v) is 12.3. The molecule has 7 nitrogen and oxygen atoms in total. The van der Waals surface area contributed by atoms with Crippen LogP contribution >= 0.6 is 0 Å². The van der Waals surface area contributed by atoms with Crippen LogP contribution in [0.4, 0.5) is 10.2 Å². The lowest BCUT2D eigenvalue weighted by Gasteiger charge is -2.34. The molecule has 4 aliphatic heterocycles. The summed E-state index contributed by atoms with van der Waals surface area (Å²) in [5.41, 5.74) is 1.46. The van der Waals surface area contributed by atoms with Crippen molar-refractivity contribution >= 4 is 33.6 Å². The maximum absolute atomic E-state index is 16.7. The first-order valence-electron chi connectivity index (χ1n) is 15.1. The van der Waals surface area contributed by atoms with Gasteiger partial charge in [0.25, 0.3) is 0 Å². The number of pyridine rings is 1. The van der Waals surface area contributed by atoms with Gasteiger partial charge in [-0.3, -0.25) is 9.88 Å². The van der Waals surface area contributed by atoms with Gasteiger partial charge in [0.2, 0.25) is 0 Å². The number of rotatable bonds is 4. The number of terminal acetylenes is 1. The largest absolute Gasteiger partial charge is 0.508 e. The molecule has 8 heteroatoms. The van der Waals surface area contributed by atoms with Crippen molar-refractivity contribution in [1.29, 1.82) is 0 Å². The Morgan fingerprint density at radius 2 is 1.88 bits per heavy atom. The van der Waals surface area contributed by atoms with Gasteiger partial charge in [-0.15, -0.1) is 6.42 Å². The first kappa shape index (κ1) is 25.6. The van der Waals surface area contributed by atoms with Crippen molar-refractivity contribution in [2.75, 3.05) is 31.1 Å². The van der Waals surface area contributed by atoms with Gasteiger partial charge in [-0.25, -0.2) is 14.4 Å². The Bertz CT molecular complexity index is 1790. The number of nitrogens with one attached hydrogen (secondary N) is 1. The smallest absolute Gasteiger partial charge is 0.175 e. The number of anilines is 1. The molecule has 0 radical (unpaired) electrons. The SMILES string of the molecule is C#Cc1cccc2cc(O)cc(-c3ncc4c(N5CC6CCC(C5)N6)nc(/C=C/C56CCCN5CCC6)nc4c3F)c12. The Morgan fingerprint density at radius 3 is 2.64 bits per heavy atom. The summed E-state index contributed by atoms with van der Waals surface area (Å²) in [5.74, 6) is 3.43. The van der Waals surface area contributed by atoms with Gasteiger partial charge in [0.15, 0.2) is 11.6 Å². The van der Waals surface area contributed by atoms with E-state index < -0.39 is 5.82 Å². The highest BCUT2D eigenvalue weighted by Gasteiger charge is 2.42. The predicted molar refractivity (Wildman–Crippen MR) is 164 cm³/mol. The molecule has 0 spiro atoms. The van der Waals surface area contributed by atoms with Gasteiger partial charge in [-0.2, -0.15) is 0 Å². The maximum atomic E-state index is 16.7. The molecule has 2 aromatic carbocycles. The van der Waals surface area contributed by atoms with Crippen LogP contribution in [0.25, 0.3) is 39.0 Å². The molecule has 8 rings (SSSR count). The fourth-order valence-electron chi connectivity index (χ4n) is 7.90. The van der Waals surface area contributed by atoms with Crippen LogP contribution in [0.1, 0.15) is 49.9 Å². The molecule has 212 valence electrons. The van der Waals surface area contributed by atoms with E-state index in [2.05, 4.69) is 32.1 Å². The number of phenolic OH excluding ortho intramolecular Hbond substituents is 1. The number of nitrogens with zero attached hydrogens (tertiary/aromatic N) is 5. The highest BCUT2D eigenvalue weighted by molar-refractivity contribution is 6.02. The first-order chi connectivity index (χ1) is 20.5. The van der Waals surface area contributed by atoms with Crippen LogP contribution < -0.4 is 10.2 Å². The number of benzene rings is 2. The van der Waals surface area contributed by atoms with Crippen LogP contribution in [0.3, 0.4) is 0 Å². The summed E-state index contributed by atoms with van der Waals surface area (Å²) in [4.78, 5) is 19.3. The van der Waals surface area contributed by atoms with Crippen molar-refractivity contribution in [3.8, 4) is 29.4 Å². The van der Waals surface area contributed by atoms with E-state index in [1.54, 1.807) is 12.3 Å². The zero-order chi connectivity index (χ0) is 28.4. The number of hydrogen-bond donors (Lipinski definition) is 2. The highest BCUT2D eigenvalue weighted by Crippen LogP contribution is 2.41. The van der Waals surface area contributed by atoms with Crippen molar-refractivity contribution in [3.63, 3.8) is 0 Å². The van der Waals surface area contributed by atoms with Crippen LogP contribution in [0, 0.1) is 18.2 Å². The molecular formula is C34H33FN6O. The summed E-state index contributed by atoms with van der Waals surface area (Å²) >= 11 is 0. The number of piperazine rings is 1. The summed E-state index contributed by atoms with van der Waals surface area (Å²) in [6.07, 6.45) is 18.7. The lowest BCUT2D eigenvalue weighted by molar-refractivity contribution is 0.251. The second kappa shape index (κ2) is 9.75. The molecule has 42 heavy (non-hydrogen) atoms. The molecule has 2 unspecified atom stereocenters. The molecule has 0 aliphatic carbocycles. The number of fused-ring (bicyclic) bond motifs is 5. The molecule has 4 fully saturated rings. The molecule has 4 saturated heterocycles. The average Bonchev–Trinajstić information content (AvgIpc) is 3.68. The number of hydrogen-bond acceptors (Lipinski definition) is 7. The third kappa shape index (κ3) is 4.06. The van der Waals surface area contributed by atoms with E-state index in [4.69, 9.17) is 16.4 Å². The molecule has 0 saturated carbocycles. The maximum Gasteiger partial charge on any atom is 0.175 e. The number of aromatic hydroxyl groups is 1. The Labute approximate surface area is 244 Å². The Morgan fingerprint density at radius 1 is 1.10 bits per heavy atom. The molecule has 0 amide bonds. The quantitative estimate of drug-likeness (QED) is 0.330. The average molecular weight is 561 g/mol. The molecule has 4 aromatic rings. The van der Waals surface area contributed by atoms with E-state index in [0.29, 0.717) is 39.8 Å². The van der Waals surface area contributed by atoms with E-state index in [-0.39, 0.29) is 22.5 Å². The van der Waals surface area contributed by atoms with Gasteiger partial charge in [-0.05, 0) is 81.3 Å². The van der Waals surface area contributed by atoms with Crippen LogP contribution in [0.2, 0.25) is 0 Å². The van der Waals surface area contributed by atoms with Crippen molar-refractivity contribution in [1.82, 2.24) is 25.2 Å². The number of aromatic nitrogens is 3. The Kier molecular flexibility index (Phi) is 5.95. The van der Waals surface area contributed by atoms with Crippen molar-refractivity contribution < 1.29 is 9.50 Å². The van der Waals surface area contributed by atoms with Gasteiger partial charge >= 0.3 is 0 Å². The minimum Gasteiger partial charge on any atom is -0.508 e. The lowest BCUT2D eigenvalue weighted by atomic mass is 9.93. The first-order valence-corrected chi connectivity index (χ1v) is 15.1. The molecular weight excluding hydrogens is 527 g/mol. The summed E-state index contributed by atoms with van der Waals surface area (Å²) in [6, 6.07) is 9.47. The molecule has 2 atom stereocenters. The molecule has 2 aromatic heterocycles. The zero-order valence-corrected chi connectivity index (χ0v) is 23.5. The number of phenols is 1. The van der Waals surface area contributed by atoms with Gasteiger partial charge in [0.05, 0.1) is 5.39 Å². The normalized spacial score (nSPS) is 23.3. The van der Waals surface area contributed by atoms with Crippen LogP contribution in [0.5, 0.6) is 5.75 Å². The topological polar surface area (TPSA) is 77.4 Å². The van der Waals surface area contributed by atoms with E-state index in [1.807, 2.05) is 24.3 Å². The van der Waals surface area contributed by atoms with Gasteiger partial charge in [0.1, 0.15) is 22.8 Å². The molecule has 6 heterocycles. The van der Waals surface area contributed by atoms with E-state index in [0.717, 1.165) is 63.1 Å². The molecule has 2 N–H and O–H groups in total. The van der Waals surface area contributed by atoms with E-state index >= 15 is 4.39 Å². The van der Waals surface area contributed by atoms with Crippen LogP contribution in [-0.4, -0.2) is 68.8 Å². The van der Waals surface area contributed by atoms with E-state index in [9.17, 15) is 5.11 Å². The van der Waals surface area contributed by atoms with Crippen molar-refractivity contribution in [2.45, 2.75) is 56.1 Å². The van der Waals surface area contributed by atoms with Crippen molar-refractivity contribution in [2.24, 2.45) is 0 Å². The summed E-state index contributed by atoms with van der Waals surface area (Å²) in [7, 11) is 0. The predicted octanol–water partition coefficient (Wildman–Crippen LogP) is 5.25. The monoisotopic (exact) mass is 560 g/mol. The lowest BCUT2D eigenvalue weighted by Crippen LogP contribution is -2.51. The summed E-state index contributed by atoms with van der Waals surface area (Å²) in [6.45, 7) is 3.88. The fourth-order valence-corrected chi connectivity index (χ4v) is 7.90. The van der Waals surface area contributed by atoms with Gasteiger partial charge < -0.3 is 15.3 Å². The summed E-state index contributed by atoms with van der Waals surface area (Å²) in [5, 5.41) is 16.2. The van der Waals surface area contributed by atoms with Crippen LogP contribution in [0.15, 0.2) is 42.6 Å². The minimum absolute atomic E-state index is 0.0215. The van der Waals surface area contributed by atoms with Gasteiger partial charge in [0, 0.05) is 53.4 Å². The van der Waals surface area contributed by atoms with Crippen LogP contribution in [-0.2, 0) is 0 Å². The van der Waals surface area contributed by atoms with E-state index in [1.165, 1.54) is 18.9 Å². The Hall–Kier alpha value is -4.06. The second-order valence-electron chi connectivity index (χ2n) is 12.3. The molecule has 2 bridgehead atoms. The Balaban J connectivity index is 1.31. The summed E-state index contributed by atoms with van der Waals surface area (Å²) < 4.78 is 16.7. The highest BCUT2D eigenvalue weighted by atomic mass is 19.1. The minimum atomic E-state index is -0.538. The third-order valence-electron chi connectivity index (χ3n) is 9.82. The van der Waals surface area contributed by atoms with Crippen molar-refractivity contribution in [3.05, 3.63) is 59.8 Å². The zero-order valence-electron chi connectivity index (χ0n) is 23.5. The molecule has 4 aliphatic rings. The fraction of sp³-hybridized carbons (Fsp3) is 0.382. The standard InChI is InChI=1S/C34H33FN6O/c1-2-21-6-3-7-22-16-25(42)17-26(29(21)22)31-30(35)32-27(18-36-31)33(40-19-23-8-9-24(20-40)37-23)39-28(38-32)10-13-34-11-4-14-41(34)15-5-12-34/h1,3,6-7,10,13,16-18,23-24,37,42H,4-5,8-9,11-12,14-15,19-20H2/b13-10+. The van der Waals surface area contributed by atoms with Gasteiger partial charge in [-0.1, -0.05) is 24.1 Å².